The minimum atomic E-state index is -2.94. The third kappa shape index (κ3) is 4.88. The Hall–Kier alpha value is -3.70. The van der Waals surface area contributed by atoms with Crippen molar-refractivity contribution < 1.29 is 44.3 Å². The number of aromatic hydroxyl groups is 1. The molecule has 0 unspecified atom stereocenters. The van der Waals surface area contributed by atoms with Gasteiger partial charge >= 0.3 is 5.97 Å². The summed E-state index contributed by atoms with van der Waals surface area (Å²) in [6.45, 7) is 3.83. The van der Waals surface area contributed by atoms with E-state index in [2.05, 4.69) is 6.92 Å². The van der Waals surface area contributed by atoms with E-state index in [1.165, 1.54) is 25.1 Å². The number of benzene rings is 1. The van der Waals surface area contributed by atoms with Gasteiger partial charge in [-0.05, 0) is 38.1 Å². The first-order valence-corrected chi connectivity index (χ1v) is 14.5. The summed E-state index contributed by atoms with van der Waals surface area (Å²) < 4.78 is 6.02. The zero-order valence-electron chi connectivity index (χ0n) is 24.4. The highest BCUT2D eigenvalue weighted by atomic mass is 16.5. The van der Waals surface area contributed by atoms with Crippen LogP contribution in [0.2, 0.25) is 0 Å². The van der Waals surface area contributed by atoms with Gasteiger partial charge in [0.25, 0.3) is 5.91 Å². The lowest BCUT2D eigenvalue weighted by Gasteiger charge is -2.54. The van der Waals surface area contributed by atoms with E-state index in [-0.39, 0.29) is 17.7 Å². The maximum absolute atomic E-state index is 13.9. The van der Waals surface area contributed by atoms with Crippen LogP contribution in [0, 0.1) is 11.8 Å². The number of aliphatic hydroxyl groups excluding tert-OH is 2. The van der Waals surface area contributed by atoms with Crippen LogP contribution in [-0.4, -0.2) is 80.6 Å². The van der Waals surface area contributed by atoms with E-state index in [1.807, 2.05) is 0 Å². The molecule has 6 N–H and O–H groups in total. The maximum atomic E-state index is 13.9. The number of phenols is 1. The second-order valence-electron chi connectivity index (χ2n) is 11.8. The van der Waals surface area contributed by atoms with Crippen LogP contribution < -0.4 is 5.73 Å². The van der Waals surface area contributed by atoms with E-state index in [4.69, 9.17) is 10.5 Å². The number of rotatable bonds is 10. The number of nitrogens with two attached hydrogens (primary N) is 1. The molecule has 0 saturated carbocycles. The number of hydrogen-bond acceptors (Lipinski definition) is 10. The molecule has 0 fully saturated rings. The Kier molecular flexibility index (Phi) is 8.84. The van der Waals surface area contributed by atoms with Crippen LogP contribution in [0.1, 0.15) is 80.6 Å². The van der Waals surface area contributed by atoms with Gasteiger partial charge in [-0.25, -0.2) is 0 Å². The second kappa shape index (κ2) is 11.9. The number of carbonyl (C=O) groups excluding carboxylic acids is 4. The summed E-state index contributed by atoms with van der Waals surface area (Å²) in [4.78, 5) is 54.6. The molecular weight excluding hydrogens is 544 g/mol. The minimum absolute atomic E-state index is 0.0418. The molecule has 1 aromatic carbocycles. The quantitative estimate of drug-likeness (QED) is 0.155. The predicted molar refractivity (Wildman–Crippen MR) is 152 cm³/mol. The largest absolute Gasteiger partial charge is 0.510 e. The van der Waals surface area contributed by atoms with Gasteiger partial charge in [-0.3, -0.25) is 24.1 Å². The molecular formula is C31H40N2O9. The highest BCUT2D eigenvalue weighted by molar-refractivity contribution is 6.25. The molecule has 11 heteroatoms. The highest BCUT2D eigenvalue weighted by Gasteiger charge is 2.68. The minimum Gasteiger partial charge on any atom is -0.510 e. The Morgan fingerprint density at radius 3 is 2.31 bits per heavy atom. The number of likely N-dealkylation sites (N-methyl/N-ethyl adjacent to an activating group) is 1. The zero-order chi connectivity index (χ0) is 31.1. The van der Waals surface area contributed by atoms with Gasteiger partial charge in [0.1, 0.15) is 28.9 Å². The predicted octanol–water partition coefficient (Wildman–Crippen LogP) is 2.95. The fourth-order valence-electron chi connectivity index (χ4n) is 6.96. The second-order valence-corrected chi connectivity index (χ2v) is 11.8. The molecule has 0 bridgehead atoms. The first-order valence-electron chi connectivity index (χ1n) is 14.5. The van der Waals surface area contributed by atoms with Crippen molar-refractivity contribution in [3.63, 3.8) is 0 Å². The van der Waals surface area contributed by atoms with E-state index in [1.54, 1.807) is 19.1 Å². The summed E-state index contributed by atoms with van der Waals surface area (Å²) in [6.07, 6.45) is 4.17. The van der Waals surface area contributed by atoms with E-state index in [9.17, 15) is 39.6 Å². The maximum Gasteiger partial charge on any atom is 0.306 e. The molecule has 3 aliphatic carbocycles. The molecule has 228 valence electrons. The van der Waals surface area contributed by atoms with Gasteiger partial charge in [0.15, 0.2) is 11.4 Å². The average molecular weight is 585 g/mol. The van der Waals surface area contributed by atoms with Gasteiger partial charge < -0.3 is 30.9 Å². The van der Waals surface area contributed by atoms with E-state index in [0.717, 1.165) is 32.1 Å². The van der Waals surface area contributed by atoms with Gasteiger partial charge in [0.05, 0.1) is 17.5 Å². The topological polar surface area (TPSA) is 188 Å². The number of fused-ring (bicyclic) bond motifs is 3. The SMILES string of the molecule is CCCCCCCCC(=O)O[C@H]1[C@H]2C(=C(O)[C@]3(O)C(=O)C(C(N)=O)=C(O)[C@@H](N(C)C)[C@H]13)C(=O)c1c(O)cccc1[C@@H]2C. The van der Waals surface area contributed by atoms with Crippen LogP contribution in [0.5, 0.6) is 5.75 Å². The smallest absolute Gasteiger partial charge is 0.306 e. The number of primary amides is 1. The molecule has 0 aromatic heterocycles. The summed E-state index contributed by atoms with van der Waals surface area (Å²) in [6, 6.07) is 3.20. The Morgan fingerprint density at radius 1 is 1.05 bits per heavy atom. The van der Waals surface area contributed by atoms with Crippen LogP contribution in [-0.2, 0) is 19.1 Å². The van der Waals surface area contributed by atoms with Gasteiger partial charge in [-0.2, -0.15) is 0 Å². The summed E-state index contributed by atoms with van der Waals surface area (Å²) in [5, 5.41) is 45.4. The Bertz CT molecular complexity index is 1360. The van der Waals surface area contributed by atoms with Crippen molar-refractivity contribution in [1.29, 1.82) is 0 Å². The fourth-order valence-corrected chi connectivity index (χ4v) is 6.96. The summed E-state index contributed by atoms with van der Waals surface area (Å²) >= 11 is 0. The third-order valence-corrected chi connectivity index (χ3v) is 8.97. The van der Waals surface area contributed by atoms with Crippen molar-refractivity contribution in [1.82, 2.24) is 4.90 Å². The Balaban J connectivity index is 1.88. The lowest BCUT2D eigenvalue weighted by atomic mass is 9.55. The highest BCUT2D eigenvalue weighted by Crippen LogP contribution is 2.56. The van der Waals surface area contributed by atoms with E-state index in [0.29, 0.717) is 12.0 Å². The molecule has 0 radical (unpaired) electrons. The van der Waals surface area contributed by atoms with Crippen molar-refractivity contribution in [3.8, 4) is 5.75 Å². The molecule has 11 nitrogen and oxygen atoms in total. The molecule has 1 aromatic rings. The number of nitrogens with zero attached hydrogens (tertiary/aromatic N) is 1. The molecule has 3 aliphatic rings. The van der Waals surface area contributed by atoms with Gasteiger partial charge in [0, 0.05) is 17.9 Å². The zero-order valence-corrected chi connectivity index (χ0v) is 24.4. The third-order valence-electron chi connectivity index (χ3n) is 8.97. The van der Waals surface area contributed by atoms with Crippen molar-refractivity contribution in [2.24, 2.45) is 17.6 Å². The number of hydrogen-bond donors (Lipinski definition) is 5. The first kappa shape index (κ1) is 31.2. The number of ether oxygens (including phenoxy) is 1. The Labute approximate surface area is 244 Å². The monoisotopic (exact) mass is 584 g/mol. The number of ketones is 2. The van der Waals surface area contributed by atoms with Gasteiger partial charge in [-0.15, -0.1) is 0 Å². The molecule has 1 amide bonds. The van der Waals surface area contributed by atoms with Crippen molar-refractivity contribution in [2.75, 3.05) is 14.1 Å². The van der Waals surface area contributed by atoms with Crippen molar-refractivity contribution in [3.05, 3.63) is 52.0 Å². The first-order chi connectivity index (χ1) is 19.8. The number of amides is 1. The van der Waals surface area contributed by atoms with E-state index >= 15 is 0 Å². The van der Waals surface area contributed by atoms with Crippen LogP contribution in [0.15, 0.2) is 40.9 Å². The standard InChI is InChI=1S/C31H40N2O9/c1-5-6-7-8-9-10-14-18(35)42-27-19-15(2)16-12-11-13-17(34)20(16)25(36)21(19)28(38)31(41)23(27)24(33(3)4)26(37)22(29(31)39)30(32)40/h11-13,15,19,23-24,27,34,37-38,41H,5-10,14H2,1-4H3,(H2,32,40)/t15-,19+,23+,24-,27-,31-/m0/s1. The molecule has 42 heavy (non-hydrogen) atoms. The number of carbonyl (C=O) groups is 4. The Morgan fingerprint density at radius 2 is 1.69 bits per heavy atom. The number of unbranched alkanes of at least 4 members (excludes halogenated alkanes) is 5. The lowest BCUT2D eigenvalue weighted by Crippen LogP contribution is -2.69. The molecule has 0 spiro atoms. The van der Waals surface area contributed by atoms with Crippen LogP contribution in [0.3, 0.4) is 0 Å². The fraction of sp³-hybridized carbons (Fsp3) is 0.548. The normalized spacial score (nSPS) is 28.9. The van der Waals surface area contributed by atoms with Gasteiger partial charge in [0.2, 0.25) is 5.78 Å². The van der Waals surface area contributed by atoms with Crippen molar-refractivity contribution in [2.45, 2.75) is 82.5 Å². The lowest BCUT2D eigenvalue weighted by molar-refractivity contribution is -0.181. The van der Waals surface area contributed by atoms with Crippen LogP contribution in [0.25, 0.3) is 0 Å². The molecule has 0 saturated heterocycles. The van der Waals surface area contributed by atoms with Gasteiger partial charge in [-0.1, -0.05) is 58.1 Å². The summed E-state index contributed by atoms with van der Waals surface area (Å²) in [5.74, 6) is -9.52. The number of esters is 1. The summed E-state index contributed by atoms with van der Waals surface area (Å²) in [7, 11) is 3.04. The average Bonchev–Trinajstić information content (AvgIpc) is 2.92. The molecule has 6 atom stereocenters. The van der Waals surface area contributed by atoms with Crippen LogP contribution in [0.4, 0.5) is 0 Å². The number of Topliss-reactive ketones (excluding diaryl/α,β-unsaturated/α-hetero) is 2. The number of phenolic OH excluding ortho intramolecular Hbond substituents is 1. The number of aliphatic hydroxyl groups is 3. The van der Waals surface area contributed by atoms with Crippen molar-refractivity contribution >= 4 is 23.4 Å². The molecule has 4 rings (SSSR count). The molecule has 0 aliphatic heterocycles. The van der Waals surface area contributed by atoms with E-state index < -0.39 is 81.6 Å². The van der Waals surface area contributed by atoms with Crippen LogP contribution >= 0.6 is 0 Å². The molecule has 0 heterocycles. The summed E-state index contributed by atoms with van der Waals surface area (Å²) in [5.41, 5.74) is 1.49.